The Hall–Kier alpha value is -2.32. The summed E-state index contributed by atoms with van der Waals surface area (Å²) in [5, 5.41) is 0.382. The van der Waals surface area contributed by atoms with Crippen LogP contribution in [0.25, 0.3) is 22.3 Å². The highest BCUT2D eigenvalue weighted by molar-refractivity contribution is 6.35. The molecule has 0 atom stereocenters. The molecular weight excluding hydrogens is 303 g/mol. The molecule has 100 valence electrons. The van der Waals surface area contributed by atoms with Crippen molar-refractivity contribution in [2.24, 2.45) is 0 Å². The van der Waals surface area contributed by atoms with Crippen molar-refractivity contribution in [1.82, 2.24) is 39.9 Å². The standard InChI is InChI=1S/C5H2Cl2N4.C5H4N4/c6-3-2-4(9-1-8-2)11-5(7)10-3;1-4-5(8-2-6-1)9-3-7-4/h1H,(H,8,9,10,11);1-3H,(H,6,7,8,9). The Morgan fingerprint density at radius 1 is 0.900 bits per heavy atom. The van der Waals surface area contributed by atoms with Crippen LogP contribution in [0.1, 0.15) is 0 Å². The van der Waals surface area contributed by atoms with Gasteiger partial charge < -0.3 is 9.97 Å². The van der Waals surface area contributed by atoms with Crippen molar-refractivity contribution in [3.63, 3.8) is 0 Å². The molecule has 0 aliphatic heterocycles. The first-order valence-corrected chi connectivity index (χ1v) is 6.11. The summed E-state index contributed by atoms with van der Waals surface area (Å²) in [4.78, 5) is 28.7. The topological polar surface area (TPSA) is 109 Å². The quantitative estimate of drug-likeness (QED) is 0.380. The van der Waals surface area contributed by atoms with E-state index in [0.717, 1.165) is 11.2 Å². The molecule has 4 aromatic heterocycles. The highest BCUT2D eigenvalue weighted by atomic mass is 35.5. The minimum Gasteiger partial charge on any atom is -0.329 e. The largest absolute Gasteiger partial charge is 0.329 e. The summed E-state index contributed by atoms with van der Waals surface area (Å²) in [6.45, 7) is 0. The normalized spacial score (nSPS) is 10.5. The number of rotatable bonds is 0. The summed E-state index contributed by atoms with van der Waals surface area (Å²) < 4.78 is 0. The molecule has 0 aliphatic rings. The second kappa shape index (κ2) is 5.35. The molecule has 8 nitrogen and oxygen atoms in total. The third kappa shape index (κ3) is 2.51. The van der Waals surface area contributed by atoms with Gasteiger partial charge >= 0.3 is 0 Å². The van der Waals surface area contributed by atoms with Crippen LogP contribution in [-0.2, 0) is 0 Å². The number of aromatic amines is 2. The Morgan fingerprint density at radius 3 is 2.55 bits per heavy atom. The average molecular weight is 309 g/mol. The van der Waals surface area contributed by atoms with Crippen molar-refractivity contribution in [2.75, 3.05) is 0 Å². The molecule has 0 unspecified atom stereocenters. The molecule has 0 fully saturated rings. The Morgan fingerprint density at radius 2 is 1.70 bits per heavy atom. The van der Waals surface area contributed by atoms with E-state index in [1.54, 1.807) is 12.5 Å². The van der Waals surface area contributed by atoms with Gasteiger partial charge in [0.15, 0.2) is 16.4 Å². The van der Waals surface area contributed by atoms with E-state index in [0.29, 0.717) is 11.2 Å². The summed E-state index contributed by atoms with van der Waals surface area (Å²) in [6.07, 6.45) is 6.24. The number of nitrogens with one attached hydrogen (secondary N) is 2. The van der Waals surface area contributed by atoms with Gasteiger partial charge in [0.1, 0.15) is 17.4 Å². The number of imidazole rings is 2. The van der Waals surface area contributed by atoms with Gasteiger partial charge in [-0.05, 0) is 11.6 Å². The first-order valence-electron chi connectivity index (χ1n) is 5.35. The summed E-state index contributed by atoms with van der Waals surface area (Å²) in [5.74, 6) is 0. The fourth-order valence-electron chi connectivity index (χ4n) is 1.47. The highest BCUT2D eigenvalue weighted by Crippen LogP contribution is 2.17. The fraction of sp³-hybridized carbons (Fsp3) is 0. The van der Waals surface area contributed by atoms with Gasteiger partial charge in [0.05, 0.1) is 18.9 Å². The smallest absolute Gasteiger partial charge is 0.225 e. The summed E-state index contributed by atoms with van der Waals surface area (Å²) in [6, 6.07) is 0. The SMILES string of the molecule is Clc1nc(Cl)c2nc[nH]c2n1.c1ncc2nc[nH]c2n1. The molecule has 0 aromatic carbocycles. The highest BCUT2D eigenvalue weighted by Gasteiger charge is 2.05. The number of hydrogen-bond acceptors (Lipinski definition) is 6. The molecule has 0 radical (unpaired) electrons. The zero-order chi connectivity index (χ0) is 13.9. The molecular formula is C10H6Cl2N8. The second-order valence-corrected chi connectivity index (χ2v) is 4.24. The van der Waals surface area contributed by atoms with Crippen LogP contribution in [0.4, 0.5) is 0 Å². The maximum absolute atomic E-state index is 5.69. The molecule has 10 heteroatoms. The van der Waals surface area contributed by atoms with Crippen LogP contribution in [0.5, 0.6) is 0 Å². The van der Waals surface area contributed by atoms with E-state index >= 15 is 0 Å². The van der Waals surface area contributed by atoms with Crippen molar-refractivity contribution in [3.05, 3.63) is 35.6 Å². The van der Waals surface area contributed by atoms with E-state index in [1.165, 1.54) is 12.7 Å². The van der Waals surface area contributed by atoms with Gasteiger partial charge in [-0.25, -0.2) is 24.9 Å². The molecule has 4 rings (SSSR count). The average Bonchev–Trinajstić information content (AvgIpc) is 3.06. The lowest BCUT2D eigenvalue weighted by Gasteiger charge is -1.90. The molecule has 0 spiro atoms. The second-order valence-electron chi connectivity index (χ2n) is 3.54. The zero-order valence-corrected chi connectivity index (χ0v) is 11.3. The van der Waals surface area contributed by atoms with Crippen molar-refractivity contribution in [3.8, 4) is 0 Å². The number of H-pyrrole nitrogens is 2. The van der Waals surface area contributed by atoms with E-state index in [4.69, 9.17) is 23.2 Å². The molecule has 20 heavy (non-hydrogen) atoms. The van der Waals surface area contributed by atoms with Crippen molar-refractivity contribution < 1.29 is 0 Å². The van der Waals surface area contributed by atoms with E-state index in [-0.39, 0.29) is 10.4 Å². The Kier molecular flexibility index (Phi) is 3.40. The van der Waals surface area contributed by atoms with Gasteiger partial charge in [0.2, 0.25) is 5.28 Å². The Balaban J connectivity index is 0.000000123. The van der Waals surface area contributed by atoms with E-state index in [9.17, 15) is 0 Å². The summed E-state index contributed by atoms with van der Waals surface area (Å²) in [5.41, 5.74) is 2.67. The molecule has 0 saturated carbocycles. The lowest BCUT2D eigenvalue weighted by molar-refractivity contribution is 1.20. The number of halogens is 2. The summed E-state index contributed by atoms with van der Waals surface area (Å²) >= 11 is 11.2. The lowest BCUT2D eigenvalue weighted by atomic mass is 10.6. The van der Waals surface area contributed by atoms with Gasteiger partial charge in [-0.2, -0.15) is 4.98 Å². The summed E-state index contributed by atoms with van der Waals surface area (Å²) in [7, 11) is 0. The van der Waals surface area contributed by atoms with Gasteiger partial charge in [-0.3, -0.25) is 0 Å². The van der Waals surface area contributed by atoms with Crippen LogP contribution in [0.2, 0.25) is 10.4 Å². The molecule has 4 aromatic rings. The van der Waals surface area contributed by atoms with Crippen molar-refractivity contribution in [1.29, 1.82) is 0 Å². The molecule has 0 aliphatic carbocycles. The third-order valence-electron chi connectivity index (χ3n) is 2.31. The minimum absolute atomic E-state index is 0.117. The van der Waals surface area contributed by atoms with Crippen molar-refractivity contribution in [2.45, 2.75) is 0 Å². The maximum atomic E-state index is 5.69. The zero-order valence-electron chi connectivity index (χ0n) is 9.75. The van der Waals surface area contributed by atoms with Crippen LogP contribution in [0, 0.1) is 0 Å². The first-order chi connectivity index (χ1) is 9.74. The molecule has 2 N–H and O–H groups in total. The maximum Gasteiger partial charge on any atom is 0.225 e. The van der Waals surface area contributed by atoms with E-state index in [1.807, 2.05) is 0 Å². The Bertz CT molecular complexity index is 824. The van der Waals surface area contributed by atoms with E-state index < -0.39 is 0 Å². The first kappa shape index (κ1) is 12.7. The van der Waals surface area contributed by atoms with Gasteiger partial charge in [-0.15, -0.1) is 0 Å². The predicted octanol–water partition coefficient (Wildman–Crippen LogP) is 2.01. The van der Waals surface area contributed by atoms with Crippen LogP contribution >= 0.6 is 23.2 Å². The van der Waals surface area contributed by atoms with Crippen LogP contribution in [0.3, 0.4) is 0 Å². The molecule has 0 bridgehead atoms. The fourth-order valence-corrected chi connectivity index (χ4v) is 1.90. The lowest BCUT2D eigenvalue weighted by Crippen LogP contribution is -1.84. The third-order valence-corrected chi connectivity index (χ3v) is 2.74. The number of fused-ring (bicyclic) bond motifs is 2. The monoisotopic (exact) mass is 308 g/mol. The predicted molar refractivity (Wildman–Crippen MR) is 73.4 cm³/mol. The van der Waals surface area contributed by atoms with Crippen LogP contribution in [0.15, 0.2) is 25.2 Å². The molecule has 4 heterocycles. The van der Waals surface area contributed by atoms with E-state index in [2.05, 4.69) is 39.9 Å². The van der Waals surface area contributed by atoms with Crippen LogP contribution < -0.4 is 0 Å². The molecule has 0 amide bonds. The van der Waals surface area contributed by atoms with Gasteiger partial charge in [0.25, 0.3) is 0 Å². The van der Waals surface area contributed by atoms with Gasteiger partial charge in [0, 0.05) is 0 Å². The number of nitrogens with zero attached hydrogens (tertiary/aromatic N) is 6. The van der Waals surface area contributed by atoms with Crippen molar-refractivity contribution >= 4 is 45.5 Å². The molecule has 0 saturated heterocycles. The minimum atomic E-state index is 0.117. The number of aromatic nitrogens is 8. The van der Waals surface area contributed by atoms with Crippen LogP contribution in [-0.4, -0.2) is 39.9 Å². The van der Waals surface area contributed by atoms with Gasteiger partial charge in [-0.1, -0.05) is 11.6 Å². The number of hydrogen-bond donors (Lipinski definition) is 2. The Labute approximate surface area is 121 Å².